The van der Waals surface area contributed by atoms with Crippen LogP contribution in [0.25, 0.3) is 0 Å². The average Bonchev–Trinajstić information content (AvgIpc) is 3.41. The summed E-state index contributed by atoms with van der Waals surface area (Å²) in [5, 5.41) is 3.91. The van der Waals surface area contributed by atoms with Gasteiger partial charge in [-0.3, -0.25) is 4.79 Å². The van der Waals surface area contributed by atoms with Crippen LogP contribution in [-0.2, 0) is 0 Å². The molecule has 5 heteroatoms. The summed E-state index contributed by atoms with van der Waals surface area (Å²) in [6, 6.07) is 1.18. The molecule has 2 saturated carbocycles. The predicted molar refractivity (Wildman–Crippen MR) is 91.7 cm³/mol. The Hall–Kier alpha value is -1.36. The highest BCUT2D eigenvalue weighted by Crippen LogP contribution is 2.44. The number of H-pyrrole nitrogens is 1. The Morgan fingerprint density at radius 1 is 1.09 bits per heavy atom. The minimum absolute atomic E-state index is 0.0698. The van der Waals surface area contributed by atoms with Crippen LogP contribution in [0.3, 0.4) is 0 Å². The first kappa shape index (κ1) is 15.2. The second kappa shape index (κ2) is 6.63. The van der Waals surface area contributed by atoms with E-state index < -0.39 is 0 Å². The van der Waals surface area contributed by atoms with Gasteiger partial charge >= 0.3 is 0 Å². The highest BCUT2D eigenvalue weighted by molar-refractivity contribution is 5.36. The van der Waals surface area contributed by atoms with Crippen molar-refractivity contribution in [2.24, 2.45) is 11.8 Å². The minimum Gasteiger partial charge on any atom is -0.350 e. The standard InChI is InChI=1S/C18H28N4O/c23-18-17(19-8-9-20-18)22-10-2-5-16(12-22)21-15-4-1-3-14(11-15)13-6-7-13/h8-9,13-16,21H,1-7,10-12H2,(H,20,23)/t14-,15-,16-/m0/s1. The van der Waals surface area contributed by atoms with Gasteiger partial charge in [0, 0.05) is 37.6 Å². The van der Waals surface area contributed by atoms with Crippen LogP contribution in [0.5, 0.6) is 0 Å². The van der Waals surface area contributed by atoms with Crippen molar-refractivity contribution in [1.82, 2.24) is 15.3 Å². The average molecular weight is 316 g/mol. The van der Waals surface area contributed by atoms with E-state index in [0.29, 0.717) is 17.9 Å². The number of hydrogen-bond donors (Lipinski definition) is 2. The molecule has 4 rings (SSSR count). The maximum absolute atomic E-state index is 12.0. The van der Waals surface area contributed by atoms with E-state index in [2.05, 4.69) is 20.2 Å². The van der Waals surface area contributed by atoms with Gasteiger partial charge in [0.25, 0.3) is 5.56 Å². The van der Waals surface area contributed by atoms with E-state index in [1.807, 2.05) is 0 Å². The van der Waals surface area contributed by atoms with E-state index in [0.717, 1.165) is 31.3 Å². The van der Waals surface area contributed by atoms with Crippen molar-refractivity contribution in [3.63, 3.8) is 0 Å². The van der Waals surface area contributed by atoms with Crippen LogP contribution in [-0.4, -0.2) is 35.1 Å². The van der Waals surface area contributed by atoms with Gasteiger partial charge in [-0.1, -0.05) is 12.8 Å². The van der Waals surface area contributed by atoms with Gasteiger partial charge in [-0.25, -0.2) is 4.98 Å². The smallest absolute Gasteiger partial charge is 0.290 e. The number of hydrogen-bond acceptors (Lipinski definition) is 4. The first-order valence-corrected chi connectivity index (χ1v) is 9.34. The number of nitrogens with one attached hydrogen (secondary N) is 2. The molecule has 2 aliphatic carbocycles. The molecule has 3 aliphatic rings. The fourth-order valence-corrected chi connectivity index (χ4v) is 4.58. The maximum Gasteiger partial charge on any atom is 0.290 e. The highest BCUT2D eigenvalue weighted by Gasteiger charge is 2.35. The first-order chi connectivity index (χ1) is 11.3. The van der Waals surface area contributed by atoms with Gasteiger partial charge < -0.3 is 15.2 Å². The molecule has 2 heterocycles. The van der Waals surface area contributed by atoms with Gasteiger partial charge in [-0.15, -0.1) is 0 Å². The number of aromatic nitrogens is 2. The zero-order chi connectivity index (χ0) is 15.6. The summed E-state index contributed by atoms with van der Waals surface area (Å²) in [6.45, 7) is 1.85. The number of rotatable bonds is 4. The molecule has 0 radical (unpaired) electrons. The van der Waals surface area contributed by atoms with E-state index >= 15 is 0 Å². The van der Waals surface area contributed by atoms with E-state index in [1.165, 1.54) is 44.9 Å². The van der Waals surface area contributed by atoms with Gasteiger partial charge in [0.2, 0.25) is 0 Å². The summed E-state index contributed by atoms with van der Waals surface area (Å²) < 4.78 is 0. The first-order valence-electron chi connectivity index (χ1n) is 9.34. The molecule has 3 fully saturated rings. The zero-order valence-electron chi connectivity index (χ0n) is 13.8. The van der Waals surface area contributed by atoms with E-state index in [1.54, 1.807) is 12.4 Å². The lowest BCUT2D eigenvalue weighted by Crippen LogP contribution is -2.51. The van der Waals surface area contributed by atoms with Crippen molar-refractivity contribution in [3.05, 3.63) is 22.7 Å². The van der Waals surface area contributed by atoms with Gasteiger partial charge in [0.15, 0.2) is 5.82 Å². The molecular weight excluding hydrogens is 288 g/mol. The van der Waals surface area contributed by atoms with Crippen LogP contribution in [0.15, 0.2) is 17.2 Å². The lowest BCUT2D eigenvalue weighted by Gasteiger charge is -2.38. The van der Waals surface area contributed by atoms with E-state index in [9.17, 15) is 4.79 Å². The molecule has 2 N–H and O–H groups in total. The molecule has 126 valence electrons. The molecule has 0 aromatic carbocycles. The van der Waals surface area contributed by atoms with Gasteiger partial charge in [0.1, 0.15) is 0 Å². The molecule has 0 unspecified atom stereocenters. The lowest BCUT2D eigenvalue weighted by atomic mass is 9.82. The Morgan fingerprint density at radius 2 is 1.96 bits per heavy atom. The SMILES string of the molecule is O=c1[nH]ccnc1N1CCC[C@H](N[C@H]2CCC[C@H](C3CC3)C2)C1. The third-order valence-corrected chi connectivity index (χ3v) is 5.88. The molecule has 0 amide bonds. The molecular formula is C18H28N4O. The molecule has 0 spiro atoms. The predicted octanol–water partition coefficient (Wildman–Crippen LogP) is 2.30. The van der Waals surface area contributed by atoms with Crippen LogP contribution in [0.2, 0.25) is 0 Å². The topological polar surface area (TPSA) is 61.0 Å². The largest absolute Gasteiger partial charge is 0.350 e. The van der Waals surface area contributed by atoms with Gasteiger partial charge in [-0.2, -0.15) is 0 Å². The van der Waals surface area contributed by atoms with E-state index in [-0.39, 0.29) is 5.56 Å². The summed E-state index contributed by atoms with van der Waals surface area (Å²) in [5.74, 6) is 2.59. The number of anilines is 1. The van der Waals surface area contributed by atoms with E-state index in [4.69, 9.17) is 0 Å². The molecule has 1 aliphatic heterocycles. The highest BCUT2D eigenvalue weighted by atomic mass is 16.1. The molecule has 1 saturated heterocycles. The molecule has 5 nitrogen and oxygen atoms in total. The second-order valence-corrected chi connectivity index (χ2v) is 7.65. The summed E-state index contributed by atoms with van der Waals surface area (Å²) in [7, 11) is 0. The zero-order valence-corrected chi connectivity index (χ0v) is 13.8. The second-order valence-electron chi connectivity index (χ2n) is 7.65. The maximum atomic E-state index is 12.0. The normalized spacial score (nSPS) is 32.0. The van der Waals surface area contributed by atoms with Gasteiger partial charge in [0.05, 0.1) is 0 Å². The Kier molecular flexibility index (Phi) is 4.38. The third kappa shape index (κ3) is 3.60. The molecule has 1 aromatic rings. The van der Waals surface area contributed by atoms with Crippen molar-refractivity contribution >= 4 is 5.82 Å². The summed E-state index contributed by atoms with van der Waals surface area (Å²) in [5.41, 5.74) is -0.0698. The third-order valence-electron chi connectivity index (χ3n) is 5.88. The number of nitrogens with zero attached hydrogens (tertiary/aromatic N) is 2. The monoisotopic (exact) mass is 316 g/mol. The fourth-order valence-electron chi connectivity index (χ4n) is 4.58. The Labute approximate surface area is 137 Å². The van der Waals surface area contributed by atoms with Crippen LogP contribution in [0.1, 0.15) is 51.4 Å². The number of aromatic amines is 1. The van der Waals surface area contributed by atoms with Crippen molar-refractivity contribution in [1.29, 1.82) is 0 Å². The van der Waals surface area contributed by atoms with Crippen molar-refractivity contribution in [2.45, 2.75) is 63.5 Å². The van der Waals surface area contributed by atoms with Crippen molar-refractivity contribution in [2.75, 3.05) is 18.0 Å². The molecule has 3 atom stereocenters. The quantitative estimate of drug-likeness (QED) is 0.895. The molecule has 23 heavy (non-hydrogen) atoms. The summed E-state index contributed by atoms with van der Waals surface area (Å²) in [4.78, 5) is 21.1. The van der Waals surface area contributed by atoms with Gasteiger partial charge in [-0.05, 0) is 50.4 Å². The summed E-state index contributed by atoms with van der Waals surface area (Å²) in [6.07, 6.45) is 14.1. The Morgan fingerprint density at radius 3 is 2.78 bits per heavy atom. The molecule has 0 bridgehead atoms. The lowest BCUT2D eigenvalue weighted by molar-refractivity contribution is 0.238. The summed E-state index contributed by atoms with van der Waals surface area (Å²) >= 11 is 0. The van der Waals surface area contributed by atoms with Crippen LogP contribution in [0.4, 0.5) is 5.82 Å². The van der Waals surface area contributed by atoms with Crippen LogP contribution in [0, 0.1) is 11.8 Å². The molecule has 1 aromatic heterocycles. The Balaban J connectivity index is 1.36. The number of piperidine rings is 1. The van der Waals surface area contributed by atoms with Crippen LogP contribution >= 0.6 is 0 Å². The fraction of sp³-hybridized carbons (Fsp3) is 0.778. The van der Waals surface area contributed by atoms with Crippen molar-refractivity contribution in [3.8, 4) is 0 Å². The minimum atomic E-state index is -0.0698. The Bertz CT molecular complexity index is 582. The van der Waals surface area contributed by atoms with Crippen LogP contribution < -0.4 is 15.8 Å². The van der Waals surface area contributed by atoms with Crippen molar-refractivity contribution < 1.29 is 0 Å².